The van der Waals surface area contributed by atoms with Crippen molar-refractivity contribution in [2.24, 2.45) is 17.3 Å². The molecular formula is C24H26O8. The maximum atomic E-state index is 12.5. The summed E-state index contributed by atoms with van der Waals surface area (Å²) >= 11 is 0. The number of hydrogen-bond donors (Lipinski definition) is 0. The molecule has 0 radical (unpaired) electrons. The predicted molar refractivity (Wildman–Crippen MR) is 111 cm³/mol. The van der Waals surface area contributed by atoms with Gasteiger partial charge in [-0.05, 0) is 24.5 Å². The summed E-state index contributed by atoms with van der Waals surface area (Å²) in [4.78, 5) is 48.4. The van der Waals surface area contributed by atoms with E-state index in [-0.39, 0.29) is 31.3 Å². The highest BCUT2D eigenvalue weighted by Gasteiger charge is 2.75. The van der Waals surface area contributed by atoms with E-state index in [0.29, 0.717) is 6.42 Å². The van der Waals surface area contributed by atoms with E-state index in [0.717, 1.165) is 11.1 Å². The van der Waals surface area contributed by atoms with E-state index in [1.807, 2.05) is 24.3 Å². The number of benzene rings is 1. The molecule has 0 aromatic heterocycles. The molecule has 1 aromatic carbocycles. The van der Waals surface area contributed by atoms with Gasteiger partial charge >= 0.3 is 23.9 Å². The van der Waals surface area contributed by atoms with Crippen molar-refractivity contribution < 1.29 is 38.1 Å². The summed E-state index contributed by atoms with van der Waals surface area (Å²) in [5.41, 5.74) is 0.890. The van der Waals surface area contributed by atoms with Crippen molar-refractivity contribution in [3.05, 3.63) is 42.0 Å². The van der Waals surface area contributed by atoms with Gasteiger partial charge in [-0.15, -0.1) is 0 Å². The van der Waals surface area contributed by atoms with E-state index in [2.05, 4.69) is 6.58 Å². The third-order valence-corrected chi connectivity index (χ3v) is 6.81. The predicted octanol–water partition coefficient (Wildman–Crippen LogP) is 2.58. The van der Waals surface area contributed by atoms with E-state index in [1.165, 1.54) is 6.92 Å². The normalized spacial score (nSPS) is 31.7. The van der Waals surface area contributed by atoms with Crippen LogP contribution in [0.3, 0.4) is 0 Å². The Kier molecular flexibility index (Phi) is 5.79. The molecule has 8 nitrogen and oxygen atoms in total. The van der Waals surface area contributed by atoms with Crippen molar-refractivity contribution in [2.75, 3.05) is 0 Å². The van der Waals surface area contributed by atoms with E-state index < -0.39 is 47.6 Å². The Balaban J connectivity index is 1.28. The molecular weight excluding hydrogens is 416 g/mol. The number of carbonyl (C=O) groups excluding carboxylic acids is 4. The molecule has 0 amide bonds. The fourth-order valence-corrected chi connectivity index (χ4v) is 5.18. The van der Waals surface area contributed by atoms with Gasteiger partial charge in [0.15, 0.2) is 0 Å². The van der Waals surface area contributed by atoms with Gasteiger partial charge in [-0.1, -0.05) is 36.9 Å². The van der Waals surface area contributed by atoms with Crippen LogP contribution in [0.25, 0.3) is 6.08 Å². The lowest BCUT2D eigenvalue weighted by Crippen LogP contribution is -2.50. The lowest BCUT2D eigenvalue weighted by Gasteiger charge is -2.36. The molecule has 3 aliphatic rings. The molecule has 0 spiro atoms. The SMILES string of the molecule is C=Cc1ccc(COC(=O)CCC(=O)OC2C3CC4C2OC(=O)C4(C)C3OC(C)=O)cc1. The van der Waals surface area contributed by atoms with Crippen molar-refractivity contribution in [3.63, 3.8) is 0 Å². The first-order valence-corrected chi connectivity index (χ1v) is 10.7. The van der Waals surface area contributed by atoms with Crippen LogP contribution in [-0.2, 0) is 44.7 Å². The van der Waals surface area contributed by atoms with Crippen LogP contribution >= 0.6 is 0 Å². The average molecular weight is 442 g/mol. The summed E-state index contributed by atoms with van der Waals surface area (Å²) in [6.45, 7) is 6.82. The summed E-state index contributed by atoms with van der Waals surface area (Å²) in [7, 11) is 0. The highest BCUT2D eigenvalue weighted by molar-refractivity contribution is 5.83. The van der Waals surface area contributed by atoms with E-state index in [4.69, 9.17) is 18.9 Å². The summed E-state index contributed by atoms with van der Waals surface area (Å²) in [6, 6.07) is 7.41. The fraction of sp³-hybridized carbons (Fsp3) is 0.500. The maximum absolute atomic E-state index is 12.5. The number of fused-ring (bicyclic) bond motifs is 1. The second-order valence-electron chi connectivity index (χ2n) is 8.75. The zero-order valence-corrected chi connectivity index (χ0v) is 18.1. The average Bonchev–Trinajstić information content (AvgIpc) is 3.32. The van der Waals surface area contributed by atoms with Gasteiger partial charge in [0.2, 0.25) is 0 Å². The molecule has 6 unspecified atom stereocenters. The molecule has 2 saturated carbocycles. The molecule has 1 aromatic rings. The molecule has 1 saturated heterocycles. The Morgan fingerprint density at radius 2 is 1.84 bits per heavy atom. The van der Waals surface area contributed by atoms with Crippen LogP contribution in [0.4, 0.5) is 0 Å². The topological polar surface area (TPSA) is 105 Å². The van der Waals surface area contributed by atoms with Gasteiger partial charge in [-0.25, -0.2) is 0 Å². The number of esters is 4. The summed E-state index contributed by atoms with van der Waals surface area (Å²) < 4.78 is 21.7. The Hall–Kier alpha value is -3.16. The van der Waals surface area contributed by atoms with Gasteiger partial charge < -0.3 is 18.9 Å². The third kappa shape index (κ3) is 3.78. The van der Waals surface area contributed by atoms with Crippen LogP contribution in [0.5, 0.6) is 0 Å². The molecule has 6 atom stereocenters. The maximum Gasteiger partial charge on any atom is 0.316 e. The zero-order valence-electron chi connectivity index (χ0n) is 18.1. The smallest absolute Gasteiger partial charge is 0.316 e. The van der Waals surface area contributed by atoms with Crippen LogP contribution in [0, 0.1) is 17.3 Å². The molecule has 32 heavy (non-hydrogen) atoms. The standard InChI is InChI=1S/C24H26O8/c1-4-14-5-7-15(8-6-14)12-29-18(26)9-10-19(27)31-20-16-11-17-21(20)32-23(28)24(17,3)22(16)30-13(2)25/h4-8,16-17,20-22H,1,9-12H2,2-3H3. The molecule has 1 aliphatic heterocycles. The van der Waals surface area contributed by atoms with Crippen molar-refractivity contribution in [2.45, 2.75) is 58.0 Å². The first-order chi connectivity index (χ1) is 15.2. The second kappa shape index (κ2) is 8.41. The van der Waals surface area contributed by atoms with Crippen molar-refractivity contribution in [1.82, 2.24) is 0 Å². The molecule has 4 rings (SSSR count). The number of ether oxygens (including phenoxy) is 4. The largest absolute Gasteiger partial charge is 0.461 e. The zero-order chi connectivity index (χ0) is 23.0. The lowest BCUT2D eigenvalue weighted by atomic mass is 9.73. The minimum atomic E-state index is -0.905. The van der Waals surface area contributed by atoms with Crippen LogP contribution in [0.1, 0.15) is 44.2 Å². The van der Waals surface area contributed by atoms with Gasteiger partial charge in [-0.2, -0.15) is 0 Å². The molecule has 3 fully saturated rings. The lowest BCUT2D eigenvalue weighted by molar-refractivity contribution is -0.171. The highest BCUT2D eigenvalue weighted by atomic mass is 16.6. The van der Waals surface area contributed by atoms with Crippen LogP contribution in [0.2, 0.25) is 0 Å². The molecule has 2 aliphatic carbocycles. The van der Waals surface area contributed by atoms with Crippen LogP contribution in [0.15, 0.2) is 30.8 Å². The summed E-state index contributed by atoms with van der Waals surface area (Å²) in [5, 5.41) is 0. The summed E-state index contributed by atoms with van der Waals surface area (Å²) in [5.74, 6) is -2.49. The minimum Gasteiger partial charge on any atom is -0.461 e. The van der Waals surface area contributed by atoms with Gasteiger partial charge in [0, 0.05) is 18.8 Å². The Labute approximate surface area is 185 Å². The first kappa shape index (κ1) is 22.0. The number of rotatable bonds is 8. The summed E-state index contributed by atoms with van der Waals surface area (Å²) in [6.07, 6.45) is 0.105. The quantitative estimate of drug-likeness (QED) is 0.447. The monoisotopic (exact) mass is 442 g/mol. The Morgan fingerprint density at radius 3 is 2.50 bits per heavy atom. The first-order valence-electron chi connectivity index (χ1n) is 10.7. The fourth-order valence-electron chi connectivity index (χ4n) is 5.18. The van der Waals surface area contributed by atoms with E-state index in [1.54, 1.807) is 13.0 Å². The number of hydrogen-bond acceptors (Lipinski definition) is 8. The molecule has 170 valence electrons. The van der Waals surface area contributed by atoms with Gasteiger partial charge in [-0.3, -0.25) is 19.2 Å². The van der Waals surface area contributed by atoms with Crippen molar-refractivity contribution in [3.8, 4) is 0 Å². The second-order valence-corrected chi connectivity index (χ2v) is 8.75. The van der Waals surface area contributed by atoms with Crippen LogP contribution < -0.4 is 0 Å². The van der Waals surface area contributed by atoms with Crippen molar-refractivity contribution >= 4 is 30.0 Å². The Bertz CT molecular complexity index is 951. The molecule has 2 bridgehead atoms. The Morgan fingerprint density at radius 1 is 1.16 bits per heavy atom. The third-order valence-electron chi connectivity index (χ3n) is 6.81. The minimum absolute atomic E-state index is 0.109. The van der Waals surface area contributed by atoms with Crippen molar-refractivity contribution in [1.29, 1.82) is 0 Å². The molecule has 1 heterocycles. The van der Waals surface area contributed by atoms with Crippen LogP contribution in [-0.4, -0.2) is 42.2 Å². The molecule has 0 N–H and O–H groups in total. The van der Waals surface area contributed by atoms with Gasteiger partial charge in [0.25, 0.3) is 0 Å². The van der Waals surface area contributed by atoms with E-state index in [9.17, 15) is 19.2 Å². The highest BCUT2D eigenvalue weighted by Crippen LogP contribution is 2.63. The van der Waals surface area contributed by atoms with Gasteiger partial charge in [0.05, 0.1) is 12.8 Å². The number of carbonyl (C=O) groups is 4. The van der Waals surface area contributed by atoms with E-state index >= 15 is 0 Å². The van der Waals surface area contributed by atoms with Gasteiger partial charge in [0.1, 0.15) is 30.3 Å². The molecule has 8 heteroatoms.